The van der Waals surface area contributed by atoms with Crippen LogP contribution in [0.1, 0.15) is 37.3 Å². The second kappa shape index (κ2) is 9.88. The van der Waals surface area contributed by atoms with E-state index >= 15 is 0 Å². The second-order valence-electron chi connectivity index (χ2n) is 7.00. The molecule has 3 N–H and O–H groups in total. The van der Waals surface area contributed by atoms with E-state index in [4.69, 9.17) is 0 Å². The zero-order chi connectivity index (χ0) is 19.8. The maximum Gasteiger partial charge on any atom is 0.227 e. The number of carbonyl (C=O) groups is 1. The zero-order valence-corrected chi connectivity index (χ0v) is 16.2. The topological polar surface area (TPSA) is 65.5 Å². The first-order valence-electron chi connectivity index (χ1n) is 9.80. The third-order valence-corrected chi connectivity index (χ3v) is 4.78. The summed E-state index contributed by atoms with van der Waals surface area (Å²) in [6, 6.07) is 14.3. The van der Waals surface area contributed by atoms with Gasteiger partial charge in [-0.1, -0.05) is 30.7 Å². The lowest BCUT2D eigenvalue weighted by molar-refractivity contribution is -0.122. The van der Waals surface area contributed by atoms with E-state index in [0.717, 1.165) is 42.6 Å². The van der Waals surface area contributed by atoms with Crippen LogP contribution < -0.4 is 16.0 Å². The quantitative estimate of drug-likeness (QED) is 0.504. The number of rotatable bonds is 7. The van der Waals surface area contributed by atoms with Gasteiger partial charge in [0.05, 0.1) is 6.54 Å². The van der Waals surface area contributed by atoms with E-state index in [1.54, 1.807) is 6.07 Å². The van der Waals surface area contributed by atoms with Crippen molar-refractivity contribution in [3.05, 3.63) is 65.5 Å². The smallest absolute Gasteiger partial charge is 0.227 e. The number of hydrogen-bond acceptors (Lipinski definition) is 2. The van der Waals surface area contributed by atoms with E-state index in [1.165, 1.54) is 12.1 Å². The monoisotopic (exact) mass is 382 g/mol. The van der Waals surface area contributed by atoms with Crippen LogP contribution in [0.5, 0.6) is 0 Å². The Morgan fingerprint density at radius 3 is 2.61 bits per heavy atom. The van der Waals surface area contributed by atoms with Crippen molar-refractivity contribution in [2.45, 2.75) is 39.3 Å². The summed E-state index contributed by atoms with van der Waals surface area (Å²) in [6.07, 6.45) is 3.12. The Hall–Kier alpha value is -2.89. The zero-order valence-electron chi connectivity index (χ0n) is 16.2. The number of amides is 1. The maximum atomic E-state index is 13.3. The number of aliphatic imine (C=N–C) groups is 1. The lowest BCUT2D eigenvalue weighted by Gasteiger charge is -2.24. The molecule has 5 nitrogen and oxygen atoms in total. The molecule has 2 aromatic rings. The molecular weight excluding hydrogens is 355 g/mol. The van der Waals surface area contributed by atoms with Crippen LogP contribution in [0, 0.1) is 11.7 Å². The van der Waals surface area contributed by atoms with Gasteiger partial charge in [0.15, 0.2) is 5.96 Å². The third-order valence-electron chi connectivity index (χ3n) is 4.78. The van der Waals surface area contributed by atoms with E-state index in [9.17, 15) is 9.18 Å². The van der Waals surface area contributed by atoms with Crippen molar-refractivity contribution in [2.75, 3.05) is 11.9 Å². The highest BCUT2D eigenvalue weighted by atomic mass is 19.1. The van der Waals surface area contributed by atoms with Gasteiger partial charge in [-0.05, 0) is 55.2 Å². The van der Waals surface area contributed by atoms with Crippen molar-refractivity contribution in [3.8, 4) is 0 Å². The van der Waals surface area contributed by atoms with Gasteiger partial charge in [0.1, 0.15) is 5.82 Å². The van der Waals surface area contributed by atoms with Crippen LogP contribution in [-0.4, -0.2) is 18.4 Å². The van der Waals surface area contributed by atoms with Gasteiger partial charge >= 0.3 is 0 Å². The normalized spacial score (nSPS) is 14.3. The van der Waals surface area contributed by atoms with E-state index < -0.39 is 0 Å². The highest BCUT2D eigenvalue weighted by molar-refractivity contribution is 5.93. The number of nitrogens with zero attached hydrogens (tertiary/aromatic N) is 1. The molecule has 0 saturated heterocycles. The first kappa shape index (κ1) is 19.9. The van der Waals surface area contributed by atoms with E-state index in [-0.39, 0.29) is 17.6 Å². The van der Waals surface area contributed by atoms with Gasteiger partial charge in [-0.25, -0.2) is 9.38 Å². The number of guanidine groups is 1. The molecule has 1 aliphatic carbocycles. The minimum atomic E-state index is -0.258. The van der Waals surface area contributed by atoms with Gasteiger partial charge in [-0.3, -0.25) is 4.79 Å². The Labute approximate surface area is 165 Å². The summed E-state index contributed by atoms with van der Waals surface area (Å²) in [6.45, 7) is 3.69. The van der Waals surface area contributed by atoms with Crippen molar-refractivity contribution in [1.29, 1.82) is 0 Å². The Morgan fingerprint density at radius 1 is 1.11 bits per heavy atom. The molecule has 0 bridgehead atoms. The minimum absolute atomic E-state index is 0.112. The number of halogens is 1. The van der Waals surface area contributed by atoms with Crippen molar-refractivity contribution < 1.29 is 9.18 Å². The van der Waals surface area contributed by atoms with Crippen LogP contribution in [0.25, 0.3) is 0 Å². The predicted octanol–water partition coefficient (Wildman–Crippen LogP) is 3.82. The summed E-state index contributed by atoms with van der Waals surface area (Å²) in [7, 11) is 0. The fraction of sp³-hybridized carbons (Fsp3) is 0.364. The first-order chi connectivity index (χ1) is 13.6. The molecule has 2 aromatic carbocycles. The van der Waals surface area contributed by atoms with Crippen LogP contribution in [0.3, 0.4) is 0 Å². The number of benzene rings is 2. The molecule has 1 saturated carbocycles. The van der Waals surface area contributed by atoms with Gasteiger partial charge in [0.25, 0.3) is 0 Å². The third kappa shape index (κ3) is 5.81. The van der Waals surface area contributed by atoms with Crippen LogP contribution in [0.4, 0.5) is 10.1 Å². The van der Waals surface area contributed by atoms with Crippen molar-refractivity contribution in [2.24, 2.45) is 10.9 Å². The maximum absolute atomic E-state index is 13.3. The summed E-state index contributed by atoms with van der Waals surface area (Å²) >= 11 is 0. The Morgan fingerprint density at radius 2 is 1.89 bits per heavy atom. The molecule has 0 atom stereocenters. The largest absolute Gasteiger partial charge is 0.357 e. The van der Waals surface area contributed by atoms with Crippen LogP contribution in [-0.2, 0) is 17.9 Å². The molecule has 1 aliphatic rings. The van der Waals surface area contributed by atoms with Gasteiger partial charge in [0, 0.05) is 24.7 Å². The molecule has 1 amide bonds. The summed E-state index contributed by atoms with van der Waals surface area (Å²) in [5, 5.41) is 9.47. The molecule has 6 heteroatoms. The lowest BCUT2D eigenvalue weighted by atomic mass is 9.85. The van der Waals surface area contributed by atoms with E-state index in [2.05, 4.69) is 20.9 Å². The van der Waals surface area contributed by atoms with Gasteiger partial charge < -0.3 is 16.0 Å². The first-order valence-corrected chi connectivity index (χ1v) is 9.80. The van der Waals surface area contributed by atoms with Crippen LogP contribution >= 0.6 is 0 Å². The van der Waals surface area contributed by atoms with E-state index in [0.29, 0.717) is 19.0 Å². The average Bonchev–Trinajstić information content (AvgIpc) is 2.63. The SMILES string of the molecule is CCNC(=NCc1cccc(F)c1)NCc1cccc(NC(=O)C2CCC2)c1. The lowest BCUT2D eigenvalue weighted by Crippen LogP contribution is -2.36. The summed E-state index contributed by atoms with van der Waals surface area (Å²) in [5.74, 6) is 0.681. The average molecular weight is 382 g/mol. The fourth-order valence-corrected chi connectivity index (χ4v) is 3.01. The number of anilines is 1. The highest BCUT2D eigenvalue weighted by Gasteiger charge is 2.25. The van der Waals surface area contributed by atoms with Crippen LogP contribution in [0.2, 0.25) is 0 Å². The van der Waals surface area contributed by atoms with Gasteiger partial charge in [-0.15, -0.1) is 0 Å². The highest BCUT2D eigenvalue weighted by Crippen LogP contribution is 2.27. The Balaban J connectivity index is 1.57. The molecule has 0 spiro atoms. The van der Waals surface area contributed by atoms with Crippen LogP contribution in [0.15, 0.2) is 53.5 Å². The van der Waals surface area contributed by atoms with E-state index in [1.807, 2.05) is 37.3 Å². The molecule has 28 heavy (non-hydrogen) atoms. The molecule has 0 unspecified atom stereocenters. The number of nitrogens with one attached hydrogen (secondary N) is 3. The predicted molar refractivity (Wildman–Crippen MR) is 110 cm³/mol. The van der Waals surface area contributed by atoms with Crippen molar-refractivity contribution in [1.82, 2.24) is 10.6 Å². The molecule has 0 aromatic heterocycles. The summed E-state index contributed by atoms with van der Waals surface area (Å²) < 4.78 is 13.3. The molecule has 0 radical (unpaired) electrons. The Bertz CT molecular complexity index is 833. The molecule has 0 aliphatic heterocycles. The molecular formula is C22H27FN4O. The summed E-state index contributed by atoms with van der Waals surface area (Å²) in [5.41, 5.74) is 2.68. The molecule has 3 rings (SSSR count). The minimum Gasteiger partial charge on any atom is -0.357 e. The molecule has 0 heterocycles. The molecule has 148 valence electrons. The fourth-order valence-electron chi connectivity index (χ4n) is 3.01. The summed E-state index contributed by atoms with van der Waals surface area (Å²) in [4.78, 5) is 16.6. The number of hydrogen-bond donors (Lipinski definition) is 3. The van der Waals surface area contributed by atoms with Crippen molar-refractivity contribution >= 4 is 17.6 Å². The van der Waals surface area contributed by atoms with Crippen molar-refractivity contribution in [3.63, 3.8) is 0 Å². The van der Waals surface area contributed by atoms with Gasteiger partial charge in [-0.2, -0.15) is 0 Å². The standard InChI is InChI=1S/C22H27FN4O/c1-2-24-22(25-14-16-6-3-10-19(23)12-16)26-15-17-7-4-11-20(13-17)27-21(28)18-8-5-9-18/h3-4,6-7,10-13,18H,2,5,8-9,14-15H2,1H3,(H,27,28)(H2,24,25,26). The van der Waals surface area contributed by atoms with Gasteiger partial charge in [0.2, 0.25) is 5.91 Å². The Kier molecular flexibility index (Phi) is 7.00. The molecule has 1 fully saturated rings. The number of carbonyl (C=O) groups excluding carboxylic acids is 1. The second-order valence-corrected chi connectivity index (χ2v) is 7.00.